The number of hydrogen-bond acceptors (Lipinski definition) is 7. The Morgan fingerprint density at radius 3 is 1.97 bits per heavy atom. The van der Waals surface area contributed by atoms with Crippen LogP contribution in [0, 0.1) is 0 Å². The van der Waals surface area contributed by atoms with Crippen molar-refractivity contribution in [2.75, 3.05) is 6.54 Å². The highest BCUT2D eigenvalue weighted by Crippen LogP contribution is 2.08. The first kappa shape index (κ1) is 29.5. The van der Waals surface area contributed by atoms with Gasteiger partial charge in [-0.2, -0.15) is 0 Å². The molecule has 1 aromatic carbocycles. The van der Waals surface area contributed by atoms with Crippen LogP contribution in [0.3, 0.4) is 0 Å². The van der Waals surface area contributed by atoms with Crippen molar-refractivity contribution in [2.24, 2.45) is 11.5 Å². The molecule has 0 saturated heterocycles. The maximum Gasteiger partial charge on any atom is 0.326 e. The van der Waals surface area contributed by atoms with Gasteiger partial charge < -0.3 is 37.6 Å². The lowest BCUT2D eigenvalue weighted by molar-refractivity contribution is -0.143. The van der Waals surface area contributed by atoms with E-state index >= 15 is 0 Å². The molecule has 0 fully saturated rings. The van der Waals surface area contributed by atoms with Crippen LogP contribution in [0.1, 0.15) is 45.1 Å². The largest absolute Gasteiger partial charge is 0.481 e. The molecule has 0 aliphatic heterocycles. The highest BCUT2D eigenvalue weighted by atomic mass is 16.4. The number of nitrogens with two attached hydrogens (primary N) is 2. The van der Waals surface area contributed by atoms with Crippen molar-refractivity contribution < 1.29 is 34.2 Å². The molecule has 12 nitrogen and oxygen atoms in total. The highest BCUT2D eigenvalue weighted by molar-refractivity contribution is 5.96. The average molecular weight is 494 g/mol. The van der Waals surface area contributed by atoms with E-state index < -0.39 is 59.7 Å². The first-order valence-electron chi connectivity index (χ1n) is 11.2. The minimum atomic E-state index is -1.51. The fraction of sp³-hybridized carbons (Fsp3) is 0.522. The standard InChI is InChI=1S/C23H35N5O7/c1-23(2,25)22(35)28-17(13-18(29)30)20(32)27-16(12-14-8-4-3-5-9-14)19(31)26-15(21(33)34)10-6-7-11-24/h3-5,8-9,15-17H,6-7,10-13,24-25H2,1-2H3,(H,26,31)(H,27,32)(H,28,35)(H,29,30)(H,33,34)/t15-,16-,17-/m0/s1. The van der Waals surface area contributed by atoms with E-state index in [1.165, 1.54) is 13.8 Å². The Hall–Kier alpha value is -3.51. The molecule has 3 amide bonds. The summed E-state index contributed by atoms with van der Waals surface area (Å²) < 4.78 is 0. The Balaban J connectivity index is 3.11. The van der Waals surface area contributed by atoms with Gasteiger partial charge in [-0.1, -0.05) is 30.3 Å². The van der Waals surface area contributed by atoms with Gasteiger partial charge in [-0.3, -0.25) is 19.2 Å². The van der Waals surface area contributed by atoms with Crippen molar-refractivity contribution in [3.05, 3.63) is 35.9 Å². The number of carbonyl (C=O) groups excluding carboxylic acids is 3. The van der Waals surface area contributed by atoms with Gasteiger partial charge in [0.15, 0.2) is 0 Å². The first-order chi connectivity index (χ1) is 16.3. The van der Waals surface area contributed by atoms with E-state index in [-0.39, 0.29) is 12.8 Å². The number of hydrogen-bond donors (Lipinski definition) is 7. The summed E-state index contributed by atoms with van der Waals surface area (Å²) in [5, 5.41) is 25.9. The molecule has 1 rings (SSSR count). The quantitative estimate of drug-likeness (QED) is 0.151. The maximum atomic E-state index is 13.0. The van der Waals surface area contributed by atoms with Gasteiger partial charge in [0.1, 0.15) is 18.1 Å². The van der Waals surface area contributed by atoms with E-state index in [9.17, 15) is 34.2 Å². The second kappa shape index (κ2) is 14.0. The molecule has 194 valence electrons. The molecule has 0 aromatic heterocycles. The normalized spacial score (nSPS) is 13.7. The first-order valence-corrected chi connectivity index (χ1v) is 11.2. The minimum absolute atomic E-state index is 0.00364. The van der Waals surface area contributed by atoms with Crippen LogP contribution in [0.25, 0.3) is 0 Å². The predicted octanol–water partition coefficient (Wildman–Crippen LogP) is -0.891. The van der Waals surface area contributed by atoms with Gasteiger partial charge in [-0.05, 0) is 45.2 Å². The lowest BCUT2D eigenvalue weighted by Crippen LogP contribution is -2.59. The van der Waals surface area contributed by atoms with Crippen LogP contribution in [-0.4, -0.2) is 70.1 Å². The maximum absolute atomic E-state index is 13.0. The third-order valence-electron chi connectivity index (χ3n) is 5.06. The van der Waals surface area contributed by atoms with Crippen LogP contribution in [0.2, 0.25) is 0 Å². The number of carboxylic acid groups (broad SMARTS) is 2. The number of benzene rings is 1. The molecule has 0 aliphatic carbocycles. The van der Waals surface area contributed by atoms with Gasteiger partial charge in [-0.25, -0.2) is 4.79 Å². The fourth-order valence-electron chi connectivity index (χ4n) is 3.08. The zero-order valence-corrected chi connectivity index (χ0v) is 20.0. The molecule has 0 spiro atoms. The van der Waals surface area contributed by atoms with Crippen LogP contribution in [0.4, 0.5) is 0 Å². The lowest BCUT2D eigenvalue weighted by atomic mass is 10.0. The number of carbonyl (C=O) groups is 5. The molecule has 0 unspecified atom stereocenters. The number of nitrogens with one attached hydrogen (secondary N) is 3. The zero-order valence-electron chi connectivity index (χ0n) is 20.0. The number of rotatable bonds is 15. The highest BCUT2D eigenvalue weighted by Gasteiger charge is 2.33. The second-order valence-electron chi connectivity index (χ2n) is 8.78. The summed E-state index contributed by atoms with van der Waals surface area (Å²) in [5.41, 5.74) is 10.5. The fourth-order valence-corrected chi connectivity index (χ4v) is 3.08. The summed E-state index contributed by atoms with van der Waals surface area (Å²) in [5.74, 6) is -5.02. The predicted molar refractivity (Wildman–Crippen MR) is 127 cm³/mol. The van der Waals surface area contributed by atoms with Gasteiger partial charge in [0, 0.05) is 6.42 Å². The van der Waals surface area contributed by atoms with Crippen LogP contribution in [-0.2, 0) is 30.4 Å². The van der Waals surface area contributed by atoms with Gasteiger partial charge in [0.25, 0.3) is 0 Å². The summed E-state index contributed by atoms with van der Waals surface area (Å²) in [7, 11) is 0. The molecule has 0 aliphatic rings. The number of aliphatic carboxylic acids is 2. The van der Waals surface area contributed by atoms with Gasteiger partial charge in [0.05, 0.1) is 12.0 Å². The Bertz CT molecular complexity index is 886. The third kappa shape index (κ3) is 11.0. The molecule has 0 heterocycles. The van der Waals surface area contributed by atoms with Crippen molar-refractivity contribution in [3.63, 3.8) is 0 Å². The molecular weight excluding hydrogens is 458 g/mol. The second-order valence-corrected chi connectivity index (χ2v) is 8.78. The van der Waals surface area contributed by atoms with Gasteiger partial charge in [0.2, 0.25) is 17.7 Å². The summed E-state index contributed by atoms with van der Waals surface area (Å²) in [6.45, 7) is 3.16. The van der Waals surface area contributed by atoms with Crippen LogP contribution >= 0.6 is 0 Å². The molecule has 35 heavy (non-hydrogen) atoms. The van der Waals surface area contributed by atoms with Crippen molar-refractivity contribution >= 4 is 29.7 Å². The number of unbranched alkanes of at least 4 members (excludes halogenated alkanes) is 1. The Morgan fingerprint density at radius 2 is 1.46 bits per heavy atom. The lowest BCUT2D eigenvalue weighted by Gasteiger charge is -2.26. The Morgan fingerprint density at radius 1 is 0.886 bits per heavy atom. The van der Waals surface area contributed by atoms with E-state index in [1.807, 2.05) is 0 Å². The molecule has 3 atom stereocenters. The monoisotopic (exact) mass is 493 g/mol. The van der Waals surface area contributed by atoms with Gasteiger partial charge >= 0.3 is 11.9 Å². The van der Waals surface area contributed by atoms with Crippen molar-refractivity contribution in [2.45, 2.75) is 69.6 Å². The summed E-state index contributed by atoms with van der Waals surface area (Å²) in [6, 6.07) is 4.73. The topological polar surface area (TPSA) is 214 Å². The molecular formula is C23H35N5O7. The minimum Gasteiger partial charge on any atom is -0.481 e. The molecule has 12 heteroatoms. The van der Waals surface area contributed by atoms with E-state index in [0.717, 1.165) is 0 Å². The molecule has 1 aromatic rings. The van der Waals surface area contributed by atoms with Crippen LogP contribution in [0.5, 0.6) is 0 Å². The molecule has 0 saturated carbocycles. The summed E-state index contributed by atoms with van der Waals surface area (Å²) in [6.07, 6.45) is 0.463. The van der Waals surface area contributed by atoms with Crippen molar-refractivity contribution in [1.29, 1.82) is 0 Å². The van der Waals surface area contributed by atoms with Crippen molar-refractivity contribution in [3.8, 4) is 0 Å². The van der Waals surface area contributed by atoms with E-state index in [4.69, 9.17) is 11.5 Å². The number of amides is 3. The SMILES string of the molecule is CC(C)(N)C(=O)N[C@@H](CC(=O)O)C(=O)N[C@@H](Cc1ccccc1)C(=O)N[C@@H](CCCCN)C(=O)O. The summed E-state index contributed by atoms with van der Waals surface area (Å²) in [4.78, 5) is 61.1. The molecule has 9 N–H and O–H groups in total. The average Bonchev–Trinajstić information content (AvgIpc) is 2.77. The molecule has 0 bridgehead atoms. The zero-order chi connectivity index (χ0) is 26.6. The van der Waals surface area contributed by atoms with Gasteiger partial charge in [-0.15, -0.1) is 0 Å². The van der Waals surface area contributed by atoms with E-state index in [0.29, 0.717) is 24.9 Å². The Labute approximate surface area is 203 Å². The van der Waals surface area contributed by atoms with E-state index in [1.54, 1.807) is 30.3 Å². The van der Waals surface area contributed by atoms with Crippen molar-refractivity contribution in [1.82, 2.24) is 16.0 Å². The van der Waals surface area contributed by atoms with E-state index in [2.05, 4.69) is 16.0 Å². The smallest absolute Gasteiger partial charge is 0.326 e. The number of carboxylic acids is 2. The van der Waals surface area contributed by atoms with Crippen LogP contribution < -0.4 is 27.4 Å². The third-order valence-corrected chi connectivity index (χ3v) is 5.06. The van der Waals surface area contributed by atoms with Crippen LogP contribution in [0.15, 0.2) is 30.3 Å². The Kier molecular flexibility index (Phi) is 11.8. The molecule has 0 radical (unpaired) electrons. The summed E-state index contributed by atoms with van der Waals surface area (Å²) >= 11 is 0.